The molecule has 0 aliphatic carbocycles. The van der Waals surface area contributed by atoms with Crippen molar-refractivity contribution in [2.75, 3.05) is 0 Å². The molecule has 0 saturated heterocycles. The van der Waals surface area contributed by atoms with E-state index in [4.69, 9.17) is 0 Å². The molecule has 0 aromatic heterocycles. The van der Waals surface area contributed by atoms with Gasteiger partial charge in [-0.3, -0.25) is 0 Å². The number of allylic oxidation sites excluding steroid dienone is 5. The monoisotopic (exact) mass is 208 g/mol. The maximum atomic E-state index is 3.89. The van der Waals surface area contributed by atoms with Gasteiger partial charge in [-0.1, -0.05) is 59.4 Å². The third-order valence-corrected chi connectivity index (χ3v) is 2.48. The summed E-state index contributed by atoms with van der Waals surface area (Å²) in [5, 5.41) is 0. The molecule has 88 valence electrons. The lowest BCUT2D eigenvalue weighted by molar-refractivity contribution is 0.663. The molecule has 0 rings (SSSR count). The zero-order chi connectivity index (χ0) is 12.3. The fourth-order valence-corrected chi connectivity index (χ4v) is 1.49. The summed E-state index contributed by atoms with van der Waals surface area (Å²) in [6.45, 7) is 16.6. The van der Waals surface area contributed by atoms with Crippen LogP contribution in [0.5, 0.6) is 0 Å². The summed E-state index contributed by atoms with van der Waals surface area (Å²) in [5.74, 6) is 0.628. The topological polar surface area (TPSA) is 0 Å². The summed E-state index contributed by atoms with van der Waals surface area (Å²) in [5.41, 5.74) is 2.83. The van der Waals surface area contributed by atoms with Crippen molar-refractivity contribution in [3.63, 3.8) is 0 Å². The van der Waals surface area contributed by atoms with Crippen LogP contribution in [0.3, 0.4) is 0 Å². The Balaban J connectivity index is 0. The first-order valence-electron chi connectivity index (χ1n) is 6.19. The maximum absolute atomic E-state index is 3.89. The molecule has 0 aromatic rings. The quantitative estimate of drug-likeness (QED) is 0.521. The number of hydrogen-bond acceptors (Lipinski definition) is 0. The average Bonchev–Trinajstić information content (AvgIpc) is 2.31. The fraction of sp³-hybridized carbons (Fsp3) is 0.600. The van der Waals surface area contributed by atoms with Gasteiger partial charge in [0.1, 0.15) is 0 Å². The molecule has 0 radical (unpaired) electrons. The second-order valence-electron chi connectivity index (χ2n) is 3.35. The van der Waals surface area contributed by atoms with E-state index < -0.39 is 0 Å². The second kappa shape index (κ2) is 11.3. The smallest absolute Gasteiger partial charge is 0.0190 e. The summed E-state index contributed by atoms with van der Waals surface area (Å²) in [6, 6.07) is 0. The highest BCUT2D eigenvalue weighted by Gasteiger charge is 2.06. The molecule has 1 unspecified atom stereocenters. The first kappa shape index (κ1) is 16.6. The van der Waals surface area contributed by atoms with Crippen LogP contribution in [-0.4, -0.2) is 0 Å². The van der Waals surface area contributed by atoms with Gasteiger partial charge in [-0.2, -0.15) is 0 Å². The second-order valence-corrected chi connectivity index (χ2v) is 3.35. The van der Waals surface area contributed by atoms with Crippen molar-refractivity contribution in [1.29, 1.82) is 0 Å². The molecule has 0 aliphatic rings. The molecular formula is C15H28. The zero-order valence-electron chi connectivity index (χ0n) is 11.4. The highest BCUT2D eigenvalue weighted by atomic mass is 14.1. The number of rotatable bonds is 5. The van der Waals surface area contributed by atoms with Crippen molar-refractivity contribution in [1.82, 2.24) is 0 Å². The van der Waals surface area contributed by atoms with E-state index in [1.54, 1.807) is 0 Å². The first-order chi connectivity index (χ1) is 7.21. The molecule has 15 heavy (non-hydrogen) atoms. The van der Waals surface area contributed by atoms with Crippen LogP contribution in [0.4, 0.5) is 0 Å². The van der Waals surface area contributed by atoms with Crippen LogP contribution >= 0.6 is 0 Å². The summed E-state index contributed by atoms with van der Waals surface area (Å²) in [7, 11) is 0. The highest BCUT2D eigenvalue weighted by Crippen LogP contribution is 2.22. The predicted octanol–water partition coefficient (Wildman–Crippen LogP) is 5.53. The van der Waals surface area contributed by atoms with E-state index in [9.17, 15) is 0 Å². The Morgan fingerprint density at radius 1 is 1.27 bits per heavy atom. The van der Waals surface area contributed by atoms with E-state index in [2.05, 4.69) is 46.4 Å². The van der Waals surface area contributed by atoms with E-state index in [1.807, 2.05) is 19.9 Å². The Kier molecular flexibility index (Phi) is 12.5. The third kappa shape index (κ3) is 6.33. The molecule has 0 heteroatoms. The fourth-order valence-electron chi connectivity index (χ4n) is 1.49. The molecule has 1 atom stereocenters. The van der Waals surface area contributed by atoms with Crippen molar-refractivity contribution >= 4 is 0 Å². The van der Waals surface area contributed by atoms with E-state index in [1.165, 1.54) is 17.6 Å². The van der Waals surface area contributed by atoms with Gasteiger partial charge in [0.05, 0.1) is 0 Å². The summed E-state index contributed by atoms with van der Waals surface area (Å²) < 4.78 is 0. The van der Waals surface area contributed by atoms with Gasteiger partial charge < -0.3 is 0 Å². The van der Waals surface area contributed by atoms with Crippen molar-refractivity contribution in [2.24, 2.45) is 5.92 Å². The van der Waals surface area contributed by atoms with Crippen LogP contribution < -0.4 is 0 Å². The van der Waals surface area contributed by atoms with Crippen molar-refractivity contribution in [2.45, 2.75) is 54.4 Å². The molecule has 0 fully saturated rings. The minimum Gasteiger partial charge on any atom is -0.0988 e. The van der Waals surface area contributed by atoms with E-state index in [0.717, 1.165) is 6.42 Å². The molecule has 0 bridgehead atoms. The molecule has 0 spiro atoms. The standard InChI is InChI=1S/C13H22.C2H6/c1-6-10-12(8-3)13(9-4)11(5)7-2;1-2/h6,9-11H,4,7-8H2,1-3,5H3;1-2H3/b10-6-,13-12+;. The molecule has 0 N–H and O–H groups in total. The van der Waals surface area contributed by atoms with Crippen molar-refractivity contribution in [3.8, 4) is 0 Å². The van der Waals surface area contributed by atoms with Crippen molar-refractivity contribution in [3.05, 3.63) is 36.0 Å². The Labute approximate surface area is 96.8 Å². The zero-order valence-corrected chi connectivity index (χ0v) is 11.4. The van der Waals surface area contributed by atoms with Gasteiger partial charge in [-0.15, -0.1) is 0 Å². The largest absolute Gasteiger partial charge is 0.0988 e. The molecular weight excluding hydrogens is 180 g/mol. The lowest BCUT2D eigenvalue weighted by Crippen LogP contribution is -1.98. The highest BCUT2D eigenvalue weighted by molar-refractivity contribution is 5.33. The Bertz CT molecular complexity index is 206. The lowest BCUT2D eigenvalue weighted by atomic mass is 9.92. The maximum Gasteiger partial charge on any atom is -0.0190 e. The van der Waals surface area contributed by atoms with E-state index in [0.29, 0.717) is 5.92 Å². The molecule has 0 aromatic carbocycles. The lowest BCUT2D eigenvalue weighted by Gasteiger charge is -2.13. The van der Waals surface area contributed by atoms with Crippen LogP contribution in [0, 0.1) is 5.92 Å². The van der Waals surface area contributed by atoms with E-state index >= 15 is 0 Å². The Morgan fingerprint density at radius 2 is 1.80 bits per heavy atom. The van der Waals surface area contributed by atoms with Gasteiger partial charge >= 0.3 is 0 Å². The number of hydrogen-bond donors (Lipinski definition) is 0. The molecule has 0 heterocycles. The molecule has 0 aliphatic heterocycles. The summed E-state index contributed by atoms with van der Waals surface area (Å²) in [4.78, 5) is 0. The first-order valence-corrected chi connectivity index (χ1v) is 6.19. The molecule has 0 saturated carbocycles. The predicted molar refractivity (Wildman–Crippen MR) is 73.1 cm³/mol. The molecule has 0 amide bonds. The Morgan fingerprint density at radius 3 is 2.07 bits per heavy atom. The minimum atomic E-state index is 0.628. The van der Waals surface area contributed by atoms with Gasteiger partial charge in [-0.25, -0.2) is 0 Å². The van der Waals surface area contributed by atoms with Crippen LogP contribution in [0.2, 0.25) is 0 Å². The average molecular weight is 208 g/mol. The van der Waals surface area contributed by atoms with E-state index in [-0.39, 0.29) is 0 Å². The van der Waals surface area contributed by atoms with Gasteiger partial charge in [0.25, 0.3) is 0 Å². The van der Waals surface area contributed by atoms with Crippen LogP contribution in [0.15, 0.2) is 36.0 Å². The van der Waals surface area contributed by atoms with Crippen LogP contribution in [-0.2, 0) is 0 Å². The normalized spacial score (nSPS) is 14.0. The van der Waals surface area contributed by atoms with Gasteiger partial charge in [0.2, 0.25) is 0 Å². The SMILES string of the molecule is C=C/C(=C(\C=C/C)CC)C(C)CC.CC. The van der Waals surface area contributed by atoms with Crippen LogP contribution in [0.25, 0.3) is 0 Å². The summed E-state index contributed by atoms with van der Waals surface area (Å²) in [6.07, 6.45) is 8.58. The van der Waals surface area contributed by atoms with Gasteiger partial charge in [-0.05, 0) is 36.8 Å². The Hall–Kier alpha value is -0.780. The molecule has 0 nitrogen and oxygen atoms in total. The van der Waals surface area contributed by atoms with Gasteiger partial charge in [0, 0.05) is 0 Å². The van der Waals surface area contributed by atoms with Crippen LogP contribution in [0.1, 0.15) is 54.4 Å². The van der Waals surface area contributed by atoms with Crippen molar-refractivity contribution < 1.29 is 0 Å². The third-order valence-electron chi connectivity index (χ3n) is 2.48. The summed E-state index contributed by atoms with van der Waals surface area (Å²) >= 11 is 0. The minimum absolute atomic E-state index is 0.628. The van der Waals surface area contributed by atoms with Gasteiger partial charge in [0.15, 0.2) is 0 Å².